The van der Waals surface area contributed by atoms with E-state index in [0.717, 1.165) is 43.2 Å². The monoisotopic (exact) mass is 279 g/mol. The molecule has 1 saturated carbocycles. The van der Waals surface area contributed by atoms with Crippen molar-refractivity contribution in [3.05, 3.63) is 12.4 Å². The highest BCUT2D eigenvalue weighted by Crippen LogP contribution is 2.40. The quantitative estimate of drug-likeness (QED) is 0.665. The normalized spacial score (nSPS) is 31.1. The van der Waals surface area contributed by atoms with E-state index in [0.29, 0.717) is 5.92 Å². The molecule has 0 aromatic carbocycles. The minimum absolute atomic E-state index is 0.405. The van der Waals surface area contributed by atoms with Crippen LogP contribution in [0.1, 0.15) is 32.1 Å². The van der Waals surface area contributed by atoms with E-state index in [2.05, 4.69) is 20.9 Å². The van der Waals surface area contributed by atoms with Crippen LogP contribution in [0.3, 0.4) is 0 Å². The summed E-state index contributed by atoms with van der Waals surface area (Å²) in [5.74, 6) is 1.41. The van der Waals surface area contributed by atoms with Gasteiger partial charge in [0.2, 0.25) is 0 Å². The summed E-state index contributed by atoms with van der Waals surface area (Å²) >= 11 is 1.64. The number of anilines is 1. The average Bonchev–Trinajstić information content (AvgIpc) is 2.46. The van der Waals surface area contributed by atoms with Gasteiger partial charge in [-0.25, -0.2) is 9.97 Å². The van der Waals surface area contributed by atoms with E-state index in [-0.39, 0.29) is 0 Å². The standard InChI is InChI=1S/C14H21N3OS/c1-19-13-8-12(15-10-16-13)17-7-6-14(18)5-3-2-4-11(14)9-17/h8,10-11,18H,2-7,9H2,1H3. The van der Waals surface area contributed by atoms with Crippen molar-refractivity contribution in [3.63, 3.8) is 0 Å². The van der Waals surface area contributed by atoms with Crippen molar-refractivity contribution in [1.29, 1.82) is 0 Å². The van der Waals surface area contributed by atoms with E-state index < -0.39 is 5.60 Å². The van der Waals surface area contributed by atoms with Gasteiger partial charge in [0.1, 0.15) is 17.2 Å². The summed E-state index contributed by atoms with van der Waals surface area (Å²) < 4.78 is 0. The van der Waals surface area contributed by atoms with E-state index in [4.69, 9.17) is 0 Å². The van der Waals surface area contributed by atoms with E-state index in [1.54, 1.807) is 18.1 Å². The Labute approximate surface area is 118 Å². The van der Waals surface area contributed by atoms with Gasteiger partial charge in [-0.15, -0.1) is 11.8 Å². The van der Waals surface area contributed by atoms with Crippen molar-refractivity contribution in [2.75, 3.05) is 24.2 Å². The summed E-state index contributed by atoms with van der Waals surface area (Å²) in [7, 11) is 0. The number of rotatable bonds is 2. The Balaban J connectivity index is 1.76. The Morgan fingerprint density at radius 3 is 3.11 bits per heavy atom. The first-order valence-electron chi connectivity index (χ1n) is 7.05. The van der Waals surface area contributed by atoms with Crippen LogP contribution in [-0.4, -0.2) is 40.0 Å². The highest BCUT2D eigenvalue weighted by Gasteiger charge is 2.42. The molecular weight excluding hydrogens is 258 g/mol. The number of fused-ring (bicyclic) bond motifs is 1. The van der Waals surface area contributed by atoms with E-state index in [1.165, 1.54) is 12.8 Å². The summed E-state index contributed by atoms with van der Waals surface area (Å²) in [5.41, 5.74) is -0.413. The van der Waals surface area contributed by atoms with Crippen LogP contribution in [0, 0.1) is 5.92 Å². The van der Waals surface area contributed by atoms with Crippen LogP contribution in [0.5, 0.6) is 0 Å². The second-order valence-corrected chi connectivity index (χ2v) is 6.49. The lowest BCUT2D eigenvalue weighted by molar-refractivity contribution is -0.0613. The van der Waals surface area contributed by atoms with Gasteiger partial charge >= 0.3 is 0 Å². The molecule has 5 heteroatoms. The van der Waals surface area contributed by atoms with Crippen LogP contribution in [0.25, 0.3) is 0 Å². The van der Waals surface area contributed by atoms with Gasteiger partial charge in [0.25, 0.3) is 0 Å². The number of aromatic nitrogens is 2. The Bertz CT molecular complexity index is 456. The van der Waals surface area contributed by atoms with Gasteiger partial charge < -0.3 is 10.0 Å². The Morgan fingerprint density at radius 2 is 2.26 bits per heavy atom. The molecule has 1 N–H and O–H groups in total. The number of nitrogens with zero attached hydrogens (tertiary/aromatic N) is 3. The molecule has 2 heterocycles. The first-order valence-corrected chi connectivity index (χ1v) is 8.27. The lowest BCUT2D eigenvalue weighted by Crippen LogP contribution is -2.53. The summed E-state index contributed by atoms with van der Waals surface area (Å²) in [4.78, 5) is 10.9. The van der Waals surface area contributed by atoms with Gasteiger partial charge in [-0.1, -0.05) is 12.8 Å². The van der Waals surface area contributed by atoms with Gasteiger partial charge in [0.05, 0.1) is 5.60 Å². The molecule has 2 fully saturated rings. The topological polar surface area (TPSA) is 49.2 Å². The zero-order chi connectivity index (χ0) is 13.3. The SMILES string of the molecule is CSc1cc(N2CCC3(O)CCCCC3C2)ncn1. The third-order valence-electron chi connectivity index (χ3n) is 4.59. The maximum absolute atomic E-state index is 10.7. The highest BCUT2D eigenvalue weighted by molar-refractivity contribution is 7.98. The molecule has 0 bridgehead atoms. The van der Waals surface area contributed by atoms with Gasteiger partial charge in [-0.3, -0.25) is 0 Å². The summed E-state index contributed by atoms with van der Waals surface area (Å²) in [6, 6.07) is 2.05. The largest absolute Gasteiger partial charge is 0.389 e. The summed E-state index contributed by atoms with van der Waals surface area (Å²) in [6.07, 6.45) is 9.10. The van der Waals surface area contributed by atoms with E-state index in [1.807, 2.05) is 6.26 Å². The van der Waals surface area contributed by atoms with Crippen LogP contribution >= 0.6 is 11.8 Å². The fourth-order valence-corrected chi connectivity index (χ4v) is 3.77. The molecule has 1 aromatic heterocycles. The molecular formula is C14H21N3OS. The molecule has 1 aliphatic carbocycles. The Hall–Kier alpha value is -0.810. The third-order valence-corrected chi connectivity index (χ3v) is 5.23. The maximum atomic E-state index is 10.7. The minimum Gasteiger partial charge on any atom is -0.389 e. The van der Waals surface area contributed by atoms with Crippen molar-refractivity contribution in [2.24, 2.45) is 5.92 Å². The van der Waals surface area contributed by atoms with Crippen LogP contribution in [0.15, 0.2) is 17.4 Å². The summed E-state index contributed by atoms with van der Waals surface area (Å²) in [6.45, 7) is 1.83. The van der Waals surface area contributed by atoms with Gasteiger partial charge in [0, 0.05) is 25.1 Å². The number of hydrogen-bond acceptors (Lipinski definition) is 5. The van der Waals surface area contributed by atoms with Crippen molar-refractivity contribution >= 4 is 17.6 Å². The van der Waals surface area contributed by atoms with E-state index >= 15 is 0 Å². The predicted molar refractivity (Wildman–Crippen MR) is 77.6 cm³/mol. The zero-order valence-corrected chi connectivity index (χ0v) is 12.2. The smallest absolute Gasteiger partial charge is 0.133 e. The number of hydrogen-bond donors (Lipinski definition) is 1. The van der Waals surface area contributed by atoms with E-state index in [9.17, 15) is 5.11 Å². The molecule has 0 spiro atoms. The molecule has 2 atom stereocenters. The van der Waals surface area contributed by atoms with Gasteiger partial charge in [-0.05, 0) is 25.5 Å². The lowest BCUT2D eigenvalue weighted by atomic mass is 9.71. The van der Waals surface area contributed by atoms with Crippen molar-refractivity contribution in [1.82, 2.24) is 9.97 Å². The maximum Gasteiger partial charge on any atom is 0.133 e. The molecule has 19 heavy (non-hydrogen) atoms. The van der Waals surface area contributed by atoms with Crippen LogP contribution in [0.4, 0.5) is 5.82 Å². The number of thioether (sulfide) groups is 1. The molecule has 2 unspecified atom stereocenters. The van der Waals surface area contributed by atoms with Crippen LogP contribution < -0.4 is 4.90 Å². The van der Waals surface area contributed by atoms with Crippen molar-refractivity contribution in [2.45, 2.75) is 42.7 Å². The van der Waals surface area contributed by atoms with Crippen LogP contribution in [0.2, 0.25) is 0 Å². The van der Waals surface area contributed by atoms with Gasteiger partial charge in [0.15, 0.2) is 0 Å². The fraction of sp³-hybridized carbons (Fsp3) is 0.714. The Kier molecular flexibility index (Phi) is 3.67. The second kappa shape index (κ2) is 5.29. The molecule has 104 valence electrons. The molecule has 1 aromatic rings. The van der Waals surface area contributed by atoms with Crippen LogP contribution in [-0.2, 0) is 0 Å². The molecule has 1 aliphatic heterocycles. The summed E-state index contributed by atoms with van der Waals surface area (Å²) in [5, 5.41) is 11.7. The first kappa shape index (κ1) is 13.2. The molecule has 4 nitrogen and oxygen atoms in total. The Morgan fingerprint density at radius 1 is 1.37 bits per heavy atom. The third kappa shape index (κ3) is 2.58. The molecule has 0 amide bonds. The average molecular weight is 279 g/mol. The molecule has 1 saturated heterocycles. The highest BCUT2D eigenvalue weighted by atomic mass is 32.2. The fourth-order valence-electron chi connectivity index (χ4n) is 3.39. The minimum atomic E-state index is -0.413. The predicted octanol–water partition coefficient (Wildman–Crippen LogP) is 2.33. The lowest BCUT2D eigenvalue weighted by Gasteiger charge is -2.47. The van der Waals surface area contributed by atoms with Gasteiger partial charge in [-0.2, -0.15) is 0 Å². The first-order chi connectivity index (χ1) is 9.21. The molecule has 3 rings (SSSR count). The zero-order valence-electron chi connectivity index (χ0n) is 11.4. The second-order valence-electron chi connectivity index (χ2n) is 5.66. The molecule has 0 radical (unpaired) electrons. The van der Waals surface area contributed by atoms with Crippen molar-refractivity contribution < 1.29 is 5.11 Å². The van der Waals surface area contributed by atoms with Crippen molar-refractivity contribution in [3.8, 4) is 0 Å². The number of piperidine rings is 1. The molecule has 2 aliphatic rings. The number of aliphatic hydroxyl groups is 1.